The maximum Gasteiger partial charge on any atom is 0.311 e. The molecule has 1 aromatic heterocycles. The number of rotatable bonds is 4. The summed E-state index contributed by atoms with van der Waals surface area (Å²) < 4.78 is 5.61. The van der Waals surface area contributed by atoms with Crippen molar-refractivity contribution in [3.05, 3.63) is 37.9 Å². The van der Waals surface area contributed by atoms with Gasteiger partial charge >= 0.3 is 5.97 Å². The van der Waals surface area contributed by atoms with Gasteiger partial charge < -0.3 is 10.1 Å². The largest absolute Gasteiger partial charge is 0.469 e. The molecule has 0 amide bonds. The maximum atomic E-state index is 11.1. The van der Waals surface area contributed by atoms with Gasteiger partial charge in [0.2, 0.25) is 0 Å². The molecule has 0 fully saturated rings. The van der Waals surface area contributed by atoms with E-state index in [1.54, 1.807) is 0 Å². The van der Waals surface area contributed by atoms with Crippen molar-refractivity contribution in [2.24, 2.45) is 0 Å². The number of nitrogens with one attached hydrogen (secondary N) is 1. The van der Waals surface area contributed by atoms with Crippen LogP contribution >= 0.6 is 45.5 Å². The van der Waals surface area contributed by atoms with E-state index >= 15 is 0 Å². The maximum absolute atomic E-state index is 11.1. The molecule has 0 aliphatic rings. The highest BCUT2D eigenvalue weighted by molar-refractivity contribution is 14.1. The molecule has 1 aromatic carbocycles. The Bertz CT molecular complexity index is 603. The van der Waals surface area contributed by atoms with Gasteiger partial charge in [0.25, 0.3) is 0 Å². The number of hydrogen-bond donors (Lipinski definition) is 1. The van der Waals surface area contributed by atoms with E-state index in [9.17, 15) is 4.79 Å². The first-order valence-electron chi connectivity index (χ1n) is 5.32. The van der Waals surface area contributed by atoms with Gasteiger partial charge in [-0.15, -0.1) is 11.3 Å². The van der Waals surface area contributed by atoms with Crippen LogP contribution in [0.5, 0.6) is 0 Å². The molecule has 0 saturated heterocycles. The molecule has 0 bridgehead atoms. The molecule has 0 radical (unpaired) electrons. The lowest BCUT2D eigenvalue weighted by atomic mass is 10.3. The Morgan fingerprint density at radius 2 is 2.37 bits per heavy atom. The van der Waals surface area contributed by atoms with Crippen LogP contribution in [0.2, 0.25) is 5.02 Å². The molecule has 2 rings (SSSR count). The summed E-state index contributed by atoms with van der Waals surface area (Å²) >= 11 is 9.55. The Kier molecular flexibility index (Phi) is 5.00. The van der Waals surface area contributed by atoms with Gasteiger partial charge in [-0.25, -0.2) is 4.98 Å². The Morgan fingerprint density at radius 3 is 3.05 bits per heavy atom. The molecule has 0 unspecified atom stereocenters. The van der Waals surface area contributed by atoms with Gasteiger partial charge in [0.05, 0.1) is 24.9 Å². The Labute approximate surface area is 133 Å². The molecule has 4 nitrogen and oxygen atoms in total. The third-order valence-electron chi connectivity index (χ3n) is 2.28. The zero-order valence-electron chi connectivity index (χ0n) is 9.94. The summed E-state index contributed by atoms with van der Waals surface area (Å²) in [6.07, 6.45) is 0.187. The molecular formula is C12H10ClIN2O2S. The van der Waals surface area contributed by atoms with Gasteiger partial charge in [0.1, 0.15) is 0 Å². The van der Waals surface area contributed by atoms with E-state index in [2.05, 4.69) is 37.6 Å². The number of ether oxygens (including phenoxy) is 1. The average molecular weight is 409 g/mol. The lowest BCUT2D eigenvalue weighted by Gasteiger charge is -2.05. The van der Waals surface area contributed by atoms with Gasteiger partial charge in [-0.3, -0.25) is 4.79 Å². The van der Waals surface area contributed by atoms with Crippen LogP contribution in [0.25, 0.3) is 0 Å². The van der Waals surface area contributed by atoms with Crippen LogP contribution in [0.3, 0.4) is 0 Å². The minimum atomic E-state index is -0.294. The monoisotopic (exact) mass is 408 g/mol. The van der Waals surface area contributed by atoms with Crippen molar-refractivity contribution < 1.29 is 9.53 Å². The molecule has 0 saturated carbocycles. The molecule has 0 atom stereocenters. The fraction of sp³-hybridized carbons (Fsp3) is 0.167. The van der Waals surface area contributed by atoms with Gasteiger partial charge in [-0.05, 0) is 40.8 Å². The van der Waals surface area contributed by atoms with E-state index in [-0.39, 0.29) is 12.4 Å². The Hall–Kier alpha value is -0.860. The van der Waals surface area contributed by atoms with Crippen molar-refractivity contribution in [1.82, 2.24) is 4.98 Å². The van der Waals surface area contributed by atoms with Crippen LogP contribution in [-0.4, -0.2) is 18.1 Å². The first-order chi connectivity index (χ1) is 9.08. The number of carbonyl (C=O) groups is 1. The Morgan fingerprint density at radius 1 is 1.58 bits per heavy atom. The molecule has 0 aliphatic carbocycles. The number of methoxy groups -OCH3 is 1. The second-order valence-electron chi connectivity index (χ2n) is 3.65. The standard InChI is InChI=1S/C12H10ClIN2O2S/c1-18-11(17)5-8-6-19-12(15-8)16-10-3-2-7(13)4-9(10)14/h2-4,6H,5H2,1H3,(H,15,16). The summed E-state index contributed by atoms with van der Waals surface area (Å²) in [6.45, 7) is 0. The van der Waals surface area contributed by atoms with Gasteiger partial charge in [0.15, 0.2) is 5.13 Å². The predicted molar refractivity (Wildman–Crippen MR) is 85.3 cm³/mol. The summed E-state index contributed by atoms with van der Waals surface area (Å²) in [7, 11) is 1.37. The van der Waals surface area contributed by atoms with E-state index in [4.69, 9.17) is 11.6 Å². The summed E-state index contributed by atoms with van der Waals surface area (Å²) in [4.78, 5) is 15.5. The van der Waals surface area contributed by atoms with Crippen LogP contribution in [0.1, 0.15) is 5.69 Å². The average Bonchev–Trinajstić information content (AvgIpc) is 2.80. The van der Waals surface area contributed by atoms with Crippen LogP contribution in [0.4, 0.5) is 10.8 Å². The zero-order valence-corrected chi connectivity index (χ0v) is 13.7. The molecule has 0 aliphatic heterocycles. The Balaban J connectivity index is 2.09. The number of anilines is 2. The van der Waals surface area contributed by atoms with Crippen LogP contribution < -0.4 is 5.32 Å². The van der Waals surface area contributed by atoms with Crippen molar-refractivity contribution in [1.29, 1.82) is 0 Å². The van der Waals surface area contributed by atoms with Crippen molar-refractivity contribution >= 4 is 62.3 Å². The van der Waals surface area contributed by atoms with Crippen molar-refractivity contribution in [3.8, 4) is 0 Å². The molecule has 0 spiro atoms. The van der Waals surface area contributed by atoms with Crippen molar-refractivity contribution in [3.63, 3.8) is 0 Å². The number of thiazole rings is 1. The quantitative estimate of drug-likeness (QED) is 0.616. The fourth-order valence-corrected chi connectivity index (χ4v) is 3.10. The van der Waals surface area contributed by atoms with Gasteiger partial charge in [-0.1, -0.05) is 11.6 Å². The second-order valence-corrected chi connectivity index (χ2v) is 6.10. The summed E-state index contributed by atoms with van der Waals surface area (Å²) in [5.41, 5.74) is 1.63. The number of benzene rings is 1. The fourth-order valence-electron chi connectivity index (χ4n) is 1.37. The van der Waals surface area contributed by atoms with Crippen LogP contribution in [0.15, 0.2) is 23.6 Å². The highest BCUT2D eigenvalue weighted by Crippen LogP contribution is 2.27. The van der Waals surface area contributed by atoms with Gasteiger partial charge in [-0.2, -0.15) is 0 Å². The third kappa shape index (κ3) is 4.05. The van der Waals surface area contributed by atoms with Crippen LogP contribution in [0, 0.1) is 3.57 Å². The summed E-state index contributed by atoms with van der Waals surface area (Å²) in [5, 5.41) is 6.47. The van der Waals surface area contributed by atoms with E-state index < -0.39 is 0 Å². The molecule has 19 heavy (non-hydrogen) atoms. The van der Waals surface area contributed by atoms with E-state index in [1.807, 2.05) is 23.6 Å². The number of nitrogens with zero attached hydrogens (tertiary/aromatic N) is 1. The first-order valence-corrected chi connectivity index (χ1v) is 7.65. The number of esters is 1. The molecule has 1 heterocycles. The molecule has 100 valence electrons. The summed E-state index contributed by atoms with van der Waals surface area (Å²) in [6, 6.07) is 5.58. The molecule has 1 N–H and O–H groups in total. The first kappa shape index (κ1) is 14.5. The van der Waals surface area contributed by atoms with E-state index in [0.29, 0.717) is 10.7 Å². The zero-order chi connectivity index (χ0) is 13.8. The summed E-state index contributed by atoms with van der Waals surface area (Å²) in [5.74, 6) is -0.294. The molecule has 7 heteroatoms. The topological polar surface area (TPSA) is 51.2 Å². The van der Waals surface area contributed by atoms with Crippen molar-refractivity contribution in [2.75, 3.05) is 12.4 Å². The molecule has 2 aromatic rings. The minimum absolute atomic E-state index is 0.187. The lowest BCUT2D eigenvalue weighted by Crippen LogP contribution is -2.04. The number of halogens is 2. The molecular weight excluding hydrogens is 399 g/mol. The highest BCUT2D eigenvalue weighted by Gasteiger charge is 2.09. The SMILES string of the molecule is COC(=O)Cc1csc(Nc2ccc(Cl)cc2I)n1. The normalized spacial score (nSPS) is 10.3. The minimum Gasteiger partial charge on any atom is -0.469 e. The second kappa shape index (κ2) is 6.53. The predicted octanol–water partition coefficient (Wildman–Crippen LogP) is 3.86. The smallest absolute Gasteiger partial charge is 0.311 e. The number of carbonyl (C=O) groups excluding carboxylic acids is 1. The number of aromatic nitrogens is 1. The number of hydrogen-bond acceptors (Lipinski definition) is 5. The van der Waals surface area contributed by atoms with E-state index in [1.165, 1.54) is 18.4 Å². The third-order valence-corrected chi connectivity index (χ3v) is 4.21. The van der Waals surface area contributed by atoms with E-state index in [0.717, 1.165) is 14.4 Å². The van der Waals surface area contributed by atoms with Crippen molar-refractivity contribution in [2.45, 2.75) is 6.42 Å². The lowest BCUT2D eigenvalue weighted by molar-refractivity contribution is -0.139. The van der Waals surface area contributed by atoms with Crippen LogP contribution in [-0.2, 0) is 16.0 Å². The highest BCUT2D eigenvalue weighted by atomic mass is 127. The van der Waals surface area contributed by atoms with Gasteiger partial charge in [0, 0.05) is 14.0 Å².